The van der Waals surface area contributed by atoms with E-state index in [0.717, 1.165) is 55.7 Å². The minimum Gasteiger partial charge on any atom is -0.494 e. The summed E-state index contributed by atoms with van der Waals surface area (Å²) < 4.78 is 5.81. The van der Waals surface area contributed by atoms with Crippen molar-refractivity contribution >= 4 is 34.7 Å². The van der Waals surface area contributed by atoms with Gasteiger partial charge < -0.3 is 24.8 Å². The molecule has 10 heteroatoms. The maximum atomic E-state index is 13.0. The number of carbonyl (C=O) groups excluding carboxylic acids is 1. The van der Waals surface area contributed by atoms with Crippen LogP contribution in [-0.4, -0.2) is 103 Å². The van der Waals surface area contributed by atoms with Crippen LogP contribution in [0.2, 0.25) is 0 Å². The molecule has 2 fully saturated rings. The molecule has 2 saturated heterocycles. The Labute approximate surface area is 252 Å². The standard InChI is InChI=1S/C32H50N8O2/c1-8-27-31(41)36(6)28-21-33-32(35-30(28)40(27)22(2)3)34-26-13-12-25(20-29(26)42-7)38-17-14-37(15-18-38)16-19-39-23(4)10-9-11-24(39)5/h12-13,20-24,27H,8-11,14-19H2,1-7H3,(H,33,34,35)/t23-,24+,27-/m1/s1. The Bertz CT molecular complexity index is 1220. The Morgan fingerprint density at radius 2 is 1.79 bits per heavy atom. The van der Waals surface area contributed by atoms with Crippen LogP contribution in [0.25, 0.3) is 0 Å². The van der Waals surface area contributed by atoms with E-state index in [9.17, 15) is 4.79 Å². The van der Waals surface area contributed by atoms with Crippen molar-refractivity contribution in [3.8, 4) is 5.75 Å². The number of aromatic nitrogens is 2. The number of hydrogen-bond donors (Lipinski definition) is 1. The largest absolute Gasteiger partial charge is 0.494 e. The van der Waals surface area contributed by atoms with Crippen LogP contribution in [0, 0.1) is 0 Å². The highest BCUT2D eigenvalue weighted by atomic mass is 16.5. The fourth-order valence-electron chi connectivity index (χ4n) is 6.94. The molecule has 3 aliphatic rings. The number of anilines is 5. The molecule has 2 aromatic rings. The Morgan fingerprint density at radius 3 is 2.43 bits per heavy atom. The Kier molecular flexibility index (Phi) is 9.42. The van der Waals surface area contributed by atoms with Gasteiger partial charge in [0.05, 0.1) is 19.0 Å². The van der Waals surface area contributed by atoms with E-state index in [2.05, 4.69) is 69.7 Å². The molecule has 0 saturated carbocycles. The summed E-state index contributed by atoms with van der Waals surface area (Å²) in [5.74, 6) is 2.08. The number of fused-ring (bicyclic) bond motifs is 1. The first-order valence-electron chi connectivity index (χ1n) is 15.8. The van der Waals surface area contributed by atoms with Crippen molar-refractivity contribution in [3.05, 3.63) is 24.4 Å². The Balaban J connectivity index is 1.24. The molecule has 0 spiro atoms. The molecule has 230 valence electrons. The Hall–Kier alpha value is -3.11. The minimum atomic E-state index is -0.239. The molecule has 0 bridgehead atoms. The molecule has 0 radical (unpaired) electrons. The smallest absolute Gasteiger partial charge is 0.249 e. The predicted molar refractivity (Wildman–Crippen MR) is 172 cm³/mol. The molecule has 4 heterocycles. The molecule has 1 N–H and O–H groups in total. The maximum Gasteiger partial charge on any atom is 0.249 e. The van der Waals surface area contributed by atoms with Gasteiger partial charge in [-0.3, -0.25) is 14.6 Å². The van der Waals surface area contributed by atoms with Crippen LogP contribution in [0.1, 0.15) is 60.3 Å². The van der Waals surface area contributed by atoms with Gasteiger partial charge in [0.25, 0.3) is 0 Å². The normalized spacial score (nSPS) is 23.9. The van der Waals surface area contributed by atoms with Crippen molar-refractivity contribution in [1.29, 1.82) is 0 Å². The van der Waals surface area contributed by atoms with Crippen LogP contribution in [0.4, 0.5) is 28.8 Å². The number of benzene rings is 1. The van der Waals surface area contributed by atoms with E-state index >= 15 is 0 Å². The molecular weight excluding hydrogens is 528 g/mol. The van der Waals surface area contributed by atoms with Gasteiger partial charge in [-0.15, -0.1) is 0 Å². The first kappa shape index (κ1) is 30.4. The highest BCUT2D eigenvalue weighted by Gasteiger charge is 2.38. The van der Waals surface area contributed by atoms with Gasteiger partial charge in [0.15, 0.2) is 5.82 Å². The van der Waals surface area contributed by atoms with Gasteiger partial charge in [0.2, 0.25) is 11.9 Å². The van der Waals surface area contributed by atoms with Crippen LogP contribution in [0.5, 0.6) is 5.75 Å². The van der Waals surface area contributed by atoms with Crippen LogP contribution >= 0.6 is 0 Å². The summed E-state index contributed by atoms with van der Waals surface area (Å²) in [5, 5.41) is 3.38. The van der Waals surface area contributed by atoms with E-state index in [0.29, 0.717) is 24.5 Å². The van der Waals surface area contributed by atoms with Crippen LogP contribution in [0.3, 0.4) is 0 Å². The average molecular weight is 579 g/mol. The predicted octanol–water partition coefficient (Wildman–Crippen LogP) is 4.58. The number of amides is 1. The lowest BCUT2D eigenvalue weighted by Gasteiger charge is -2.42. The van der Waals surface area contributed by atoms with Gasteiger partial charge in [-0.05, 0) is 59.1 Å². The van der Waals surface area contributed by atoms with Gasteiger partial charge in [0.1, 0.15) is 17.5 Å². The second kappa shape index (κ2) is 13.0. The zero-order valence-electron chi connectivity index (χ0n) is 26.6. The lowest BCUT2D eigenvalue weighted by Crippen LogP contribution is -2.54. The first-order valence-corrected chi connectivity index (χ1v) is 15.8. The number of likely N-dealkylation sites (tertiary alicyclic amines) is 1. The second-order valence-corrected chi connectivity index (χ2v) is 12.4. The number of piperazine rings is 1. The molecule has 42 heavy (non-hydrogen) atoms. The highest BCUT2D eigenvalue weighted by Crippen LogP contribution is 2.38. The van der Waals surface area contributed by atoms with Crippen molar-refractivity contribution in [3.63, 3.8) is 0 Å². The highest BCUT2D eigenvalue weighted by molar-refractivity contribution is 6.04. The Morgan fingerprint density at radius 1 is 1.07 bits per heavy atom. The van der Waals surface area contributed by atoms with Crippen LogP contribution in [0.15, 0.2) is 24.4 Å². The molecule has 0 aliphatic carbocycles. The third-order valence-corrected chi connectivity index (χ3v) is 9.47. The molecule has 10 nitrogen and oxygen atoms in total. The number of carbonyl (C=O) groups is 1. The van der Waals surface area contributed by atoms with E-state index < -0.39 is 0 Å². The number of methoxy groups -OCH3 is 1. The van der Waals surface area contributed by atoms with Gasteiger partial charge in [-0.2, -0.15) is 4.98 Å². The molecule has 1 aromatic heterocycles. The fourth-order valence-corrected chi connectivity index (χ4v) is 6.94. The number of ether oxygens (including phenoxy) is 1. The van der Waals surface area contributed by atoms with E-state index in [1.165, 1.54) is 31.5 Å². The van der Waals surface area contributed by atoms with Crippen molar-refractivity contribution in [1.82, 2.24) is 19.8 Å². The summed E-state index contributed by atoms with van der Waals surface area (Å²) in [6.45, 7) is 17.5. The summed E-state index contributed by atoms with van der Waals surface area (Å²) in [7, 11) is 3.50. The summed E-state index contributed by atoms with van der Waals surface area (Å²) in [4.78, 5) is 34.0. The van der Waals surface area contributed by atoms with E-state index in [1.807, 2.05) is 13.0 Å². The monoisotopic (exact) mass is 578 g/mol. The summed E-state index contributed by atoms with van der Waals surface area (Å²) >= 11 is 0. The quantitative estimate of drug-likeness (QED) is 0.460. The molecule has 5 rings (SSSR count). The van der Waals surface area contributed by atoms with E-state index in [1.54, 1.807) is 25.3 Å². The molecule has 1 aromatic carbocycles. The minimum absolute atomic E-state index is 0.0762. The van der Waals surface area contributed by atoms with Gasteiger partial charge >= 0.3 is 0 Å². The lowest BCUT2D eigenvalue weighted by atomic mass is 9.97. The fraction of sp³-hybridized carbons (Fsp3) is 0.656. The molecule has 3 atom stereocenters. The lowest BCUT2D eigenvalue weighted by molar-refractivity contribution is -0.120. The average Bonchev–Trinajstić information content (AvgIpc) is 2.99. The number of nitrogens with one attached hydrogen (secondary N) is 1. The summed E-state index contributed by atoms with van der Waals surface area (Å²) in [6.07, 6.45) is 6.48. The molecule has 3 aliphatic heterocycles. The van der Waals surface area contributed by atoms with Gasteiger partial charge in [-0.1, -0.05) is 13.3 Å². The zero-order chi connectivity index (χ0) is 30.0. The van der Waals surface area contributed by atoms with Gasteiger partial charge in [0, 0.05) is 76.2 Å². The van der Waals surface area contributed by atoms with E-state index in [-0.39, 0.29) is 18.0 Å². The molecular formula is C32H50N8O2. The van der Waals surface area contributed by atoms with Crippen LogP contribution in [-0.2, 0) is 4.79 Å². The van der Waals surface area contributed by atoms with Crippen LogP contribution < -0.4 is 24.8 Å². The SMILES string of the molecule is CC[C@@H]1C(=O)N(C)c2cnc(Nc3ccc(N4CCN(CCN5[C@H](C)CCC[C@@H]5C)CC4)cc3OC)nc2N1C(C)C. The summed E-state index contributed by atoms with van der Waals surface area (Å²) in [6, 6.07) is 7.59. The maximum absolute atomic E-state index is 13.0. The molecule has 1 amide bonds. The van der Waals surface area contributed by atoms with Crippen molar-refractivity contribution < 1.29 is 9.53 Å². The molecule has 0 unspecified atom stereocenters. The van der Waals surface area contributed by atoms with Crippen molar-refractivity contribution in [2.75, 3.05) is 73.4 Å². The third-order valence-electron chi connectivity index (χ3n) is 9.47. The number of rotatable bonds is 9. The van der Waals surface area contributed by atoms with Gasteiger partial charge in [-0.25, -0.2) is 4.98 Å². The number of nitrogens with zero attached hydrogens (tertiary/aromatic N) is 7. The second-order valence-electron chi connectivity index (χ2n) is 12.4. The van der Waals surface area contributed by atoms with Crippen molar-refractivity contribution in [2.45, 2.75) is 84.5 Å². The van der Waals surface area contributed by atoms with Crippen molar-refractivity contribution in [2.24, 2.45) is 0 Å². The number of hydrogen-bond acceptors (Lipinski definition) is 9. The zero-order valence-corrected chi connectivity index (χ0v) is 26.6. The first-order chi connectivity index (χ1) is 20.2. The van der Waals surface area contributed by atoms with E-state index in [4.69, 9.17) is 9.72 Å². The third kappa shape index (κ3) is 6.15. The number of piperidine rings is 1. The topological polar surface area (TPSA) is 80.3 Å². The summed E-state index contributed by atoms with van der Waals surface area (Å²) in [5.41, 5.74) is 2.71. The number of likely N-dealkylation sites (N-methyl/N-ethyl adjacent to an activating group) is 1.